The minimum Gasteiger partial charge on any atom is -0.356 e. The van der Waals surface area contributed by atoms with Gasteiger partial charge in [-0.1, -0.05) is 42.0 Å². The first-order valence-electron chi connectivity index (χ1n) is 6.76. The molecule has 0 fully saturated rings. The molecule has 0 amide bonds. The first kappa shape index (κ1) is 14.5. The summed E-state index contributed by atoms with van der Waals surface area (Å²) in [7, 11) is 0. The second kappa shape index (κ2) is 6.53. The van der Waals surface area contributed by atoms with Gasteiger partial charge in [-0.15, -0.1) is 0 Å². The number of rotatable bonds is 3. The number of benzene rings is 2. The molecule has 2 aromatic rings. The molecule has 1 atom stereocenters. The topological polar surface area (TPSA) is 24.1 Å². The second-order valence-corrected chi connectivity index (χ2v) is 5.45. The predicted octanol–water partition coefficient (Wildman–Crippen LogP) is 4.35. The Morgan fingerprint density at radius 2 is 1.75 bits per heavy atom. The third kappa shape index (κ3) is 3.81. The fourth-order valence-corrected chi connectivity index (χ4v) is 2.57. The van der Waals surface area contributed by atoms with E-state index >= 15 is 0 Å². The van der Waals surface area contributed by atoms with E-state index in [0.717, 1.165) is 5.69 Å². The highest BCUT2D eigenvalue weighted by atomic mass is 32.1. The van der Waals surface area contributed by atoms with E-state index in [9.17, 15) is 0 Å². The van der Waals surface area contributed by atoms with Crippen LogP contribution < -0.4 is 10.6 Å². The molecule has 0 saturated carbocycles. The molecule has 0 bridgehead atoms. The average Bonchev–Trinajstić information content (AvgIpc) is 2.39. The fourth-order valence-electron chi connectivity index (χ4n) is 2.27. The Balaban J connectivity index is 2.00. The first-order chi connectivity index (χ1) is 9.56. The van der Waals surface area contributed by atoms with E-state index in [1.165, 1.54) is 16.7 Å². The van der Waals surface area contributed by atoms with Crippen molar-refractivity contribution in [1.29, 1.82) is 0 Å². The van der Waals surface area contributed by atoms with Crippen molar-refractivity contribution in [1.82, 2.24) is 5.32 Å². The van der Waals surface area contributed by atoms with Crippen LogP contribution in [0.4, 0.5) is 5.69 Å². The molecule has 0 aliphatic heterocycles. The van der Waals surface area contributed by atoms with Gasteiger partial charge in [-0.25, -0.2) is 0 Å². The summed E-state index contributed by atoms with van der Waals surface area (Å²) in [5.74, 6) is 0. The molecule has 0 heterocycles. The highest BCUT2D eigenvalue weighted by Gasteiger charge is 2.09. The van der Waals surface area contributed by atoms with E-state index in [1.54, 1.807) is 0 Å². The lowest BCUT2D eigenvalue weighted by Gasteiger charge is -2.19. The summed E-state index contributed by atoms with van der Waals surface area (Å²) in [6.45, 7) is 6.36. The molecule has 0 aromatic heterocycles. The maximum atomic E-state index is 5.36. The van der Waals surface area contributed by atoms with Gasteiger partial charge >= 0.3 is 0 Å². The third-order valence-electron chi connectivity index (χ3n) is 3.27. The number of thiocarbonyl (C=S) groups is 1. The van der Waals surface area contributed by atoms with Crippen molar-refractivity contribution in [2.24, 2.45) is 0 Å². The van der Waals surface area contributed by atoms with Crippen LogP contribution in [0, 0.1) is 13.8 Å². The van der Waals surface area contributed by atoms with Gasteiger partial charge in [-0.3, -0.25) is 0 Å². The summed E-state index contributed by atoms with van der Waals surface area (Å²) in [6.07, 6.45) is 0. The van der Waals surface area contributed by atoms with Crippen LogP contribution in [0.2, 0.25) is 0 Å². The van der Waals surface area contributed by atoms with Gasteiger partial charge in [0.2, 0.25) is 0 Å². The van der Waals surface area contributed by atoms with Crippen LogP contribution in [-0.2, 0) is 0 Å². The van der Waals surface area contributed by atoms with Crippen molar-refractivity contribution in [3.8, 4) is 0 Å². The molecule has 0 aliphatic rings. The molecular formula is C17H20N2S. The summed E-state index contributed by atoms with van der Waals surface area (Å²) < 4.78 is 0. The van der Waals surface area contributed by atoms with E-state index in [2.05, 4.69) is 49.6 Å². The monoisotopic (exact) mass is 284 g/mol. The molecule has 3 heteroatoms. The molecule has 0 aliphatic carbocycles. The van der Waals surface area contributed by atoms with Gasteiger partial charge in [0.15, 0.2) is 5.11 Å². The summed E-state index contributed by atoms with van der Waals surface area (Å²) in [5.41, 5.74) is 4.83. The summed E-state index contributed by atoms with van der Waals surface area (Å²) in [6, 6.07) is 16.6. The number of aryl methyl sites for hydroxylation is 2. The SMILES string of the molecule is Cc1ccc([C@@H](C)NC(=S)Nc2ccccc2)c(C)c1. The van der Waals surface area contributed by atoms with Gasteiger partial charge in [-0.2, -0.15) is 0 Å². The number of nitrogens with one attached hydrogen (secondary N) is 2. The van der Waals surface area contributed by atoms with E-state index in [-0.39, 0.29) is 6.04 Å². The summed E-state index contributed by atoms with van der Waals surface area (Å²) >= 11 is 5.36. The zero-order valence-corrected chi connectivity index (χ0v) is 12.9. The predicted molar refractivity (Wildman–Crippen MR) is 90.1 cm³/mol. The van der Waals surface area contributed by atoms with Crippen LogP contribution in [0.5, 0.6) is 0 Å². The van der Waals surface area contributed by atoms with Gasteiger partial charge in [0.1, 0.15) is 0 Å². The van der Waals surface area contributed by atoms with Gasteiger partial charge in [0.25, 0.3) is 0 Å². The number of hydrogen-bond acceptors (Lipinski definition) is 1. The lowest BCUT2D eigenvalue weighted by molar-refractivity contribution is 0.717. The van der Waals surface area contributed by atoms with Crippen molar-refractivity contribution < 1.29 is 0 Å². The molecule has 0 unspecified atom stereocenters. The lowest BCUT2D eigenvalue weighted by Crippen LogP contribution is -2.31. The van der Waals surface area contributed by atoms with E-state index < -0.39 is 0 Å². The largest absolute Gasteiger partial charge is 0.356 e. The Morgan fingerprint density at radius 3 is 2.40 bits per heavy atom. The van der Waals surface area contributed by atoms with E-state index in [4.69, 9.17) is 12.2 Å². The summed E-state index contributed by atoms with van der Waals surface area (Å²) in [5, 5.41) is 7.16. The Kier molecular flexibility index (Phi) is 4.74. The van der Waals surface area contributed by atoms with Crippen LogP contribution in [0.3, 0.4) is 0 Å². The van der Waals surface area contributed by atoms with Crippen molar-refractivity contribution in [2.75, 3.05) is 5.32 Å². The van der Waals surface area contributed by atoms with Crippen LogP contribution in [-0.4, -0.2) is 5.11 Å². The summed E-state index contributed by atoms with van der Waals surface area (Å²) in [4.78, 5) is 0. The Morgan fingerprint density at radius 1 is 1.05 bits per heavy atom. The minimum atomic E-state index is 0.180. The third-order valence-corrected chi connectivity index (χ3v) is 3.49. The van der Waals surface area contributed by atoms with Gasteiger partial charge in [0.05, 0.1) is 6.04 Å². The first-order valence-corrected chi connectivity index (χ1v) is 7.17. The van der Waals surface area contributed by atoms with Crippen LogP contribution in [0.15, 0.2) is 48.5 Å². The normalized spacial score (nSPS) is 11.8. The highest BCUT2D eigenvalue weighted by molar-refractivity contribution is 7.80. The minimum absolute atomic E-state index is 0.180. The quantitative estimate of drug-likeness (QED) is 0.819. The number of hydrogen-bond donors (Lipinski definition) is 2. The highest BCUT2D eigenvalue weighted by Crippen LogP contribution is 2.18. The maximum Gasteiger partial charge on any atom is 0.171 e. The standard InChI is InChI=1S/C17H20N2S/c1-12-9-10-16(13(2)11-12)14(3)18-17(20)19-15-7-5-4-6-8-15/h4-11,14H,1-3H3,(H2,18,19,20)/t14-/m1/s1. The Bertz CT molecular complexity index is 593. The molecule has 20 heavy (non-hydrogen) atoms. The van der Waals surface area contributed by atoms with E-state index in [0.29, 0.717) is 5.11 Å². The lowest BCUT2D eigenvalue weighted by atomic mass is 10.0. The molecule has 2 N–H and O–H groups in total. The maximum absolute atomic E-state index is 5.36. The zero-order chi connectivity index (χ0) is 14.5. The molecule has 2 nitrogen and oxygen atoms in total. The van der Waals surface area contributed by atoms with Gasteiger partial charge in [-0.05, 0) is 56.2 Å². The van der Waals surface area contributed by atoms with Crippen LogP contribution in [0.25, 0.3) is 0 Å². The van der Waals surface area contributed by atoms with Gasteiger partial charge in [0, 0.05) is 5.69 Å². The molecule has 0 saturated heterocycles. The molecule has 2 rings (SSSR count). The average molecular weight is 284 g/mol. The molecule has 0 radical (unpaired) electrons. The van der Waals surface area contributed by atoms with Crippen LogP contribution in [0.1, 0.15) is 29.7 Å². The second-order valence-electron chi connectivity index (χ2n) is 5.05. The fraction of sp³-hybridized carbons (Fsp3) is 0.235. The molecular weight excluding hydrogens is 264 g/mol. The molecule has 2 aromatic carbocycles. The smallest absolute Gasteiger partial charge is 0.171 e. The van der Waals surface area contributed by atoms with Crippen molar-refractivity contribution >= 4 is 23.0 Å². The Hall–Kier alpha value is -1.87. The van der Waals surface area contributed by atoms with Crippen molar-refractivity contribution in [3.63, 3.8) is 0 Å². The van der Waals surface area contributed by atoms with Gasteiger partial charge < -0.3 is 10.6 Å². The van der Waals surface area contributed by atoms with Crippen molar-refractivity contribution in [2.45, 2.75) is 26.8 Å². The van der Waals surface area contributed by atoms with Crippen LogP contribution >= 0.6 is 12.2 Å². The molecule has 104 valence electrons. The Labute approximate surface area is 126 Å². The number of para-hydroxylation sites is 1. The number of anilines is 1. The zero-order valence-electron chi connectivity index (χ0n) is 12.1. The van der Waals surface area contributed by atoms with E-state index in [1.807, 2.05) is 30.3 Å². The van der Waals surface area contributed by atoms with Crippen molar-refractivity contribution in [3.05, 3.63) is 65.2 Å². The molecule has 0 spiro atoms.